The van der Waals surface area contributed by atoms with Crippen LogP contribution in [0.15, 0.2) is 18.5 Å². The molecule has 0 fully saturated rings. The van der Waals surface area contributed by atoms with Crippen LogP contribution in [0, 0.1) is 10.1 Å². The Morgan fingerprint density at radius 2 is 2.25 bits per heavy atom. The Morgan fingerprint density at radius 1 is 1.45 bits per heavy atom. The molecule has 8 heteroatoms. The normalized spacial score (nSPS) is 11.1. The molecule has 2 heterocycles. The summed E-state index contributed by atoms with van der Waals surface area (Å²) in [6.07, 6.45) is 6.94. The number of anilines is 1. The van der Waals surface area contributed by atoms with Gasteiger partial charge in [-0.3, -0.25) is 0 Å². The summed E-state index contributed by atoms with van der Waals surface area (Å²) >= 11 is 0. The molecule has 20 heavy (non-hydrogen) atoms. The Balaban J connectivity index is 2.31. The zero-order valence-corrected chi connectivity index (χ0v) is 10.9. The minimum atomic E-state index is -0.442. The van der Waals surface area contributed by atoms with E-state index >= 15 is 0 Å². The third-order valence-electron chi connectivity index (χ3n) is 2.60. The van der Waals surface area contributed by atoms with Gasteiger partial charge in [-0.15, -0.1) is 0 Å². The van der Waals surface area contributed by atoms with Crippen LogP contribution in [0.2, 0.25) is 0 Å². The van der Waals surface area contributed by atoms with E-state index in [4.69, 9.17) is 5.73 Å². The highest BCUT2D eigenvalue weighted by molar-refractivity contribution is 5.65. The molecule has 0 atom stereocenters. The number of imidazole rings is 1. The topological polar surface area (TPSA) is 113 Å². The molecule has 104 valence electrons. The number of nitrogen functional groups attached to an aromatic ring is 1. The maximum Gasteiger partial charge on any atom is 0.343 e. The van der Waals surface area contributed by atoms with Gasteiger partial charge in [0.2, 0.25) is 11.8 Å². The molecule has 0 saturated carbocycles. The Morgan fingerprint density at radius 3 is 2.90 bits per heavy atom. The minimum Gasteiger partial charge on any atom is -0.368 e. The van der Waals surface area contributed by atoms with Crippen LogP contribution < -0.4 is 5.73 Å². The maximum absolute atomic E-state index is 10.9. The van der Waals surface area contributed by atoms with Gasteiger partial charge in [-0.25, -0.2) is 19.5 Å². The molecule has 0 unspecified atom stereocenters. The quantitative estimate of drug-likeness (QED) is 0.656. The average Bonchev–Trinajstić information content (AvgIpc) is 2.80. The Kier molecular flexibility index (Phi) is 4.04. The highest BCUT2D eigenvalue weighted by Crippen LogP contribution is 2.16. The molecule has 0 aliphatic heterocycles. The van der Waals surface area contributed by atoms with E-state index in [1.54, 1.807) is 29.0 Å². The van der Waals surface area contributed by atoms with Gasteiger partial charge < -0.3 is 15.8 Å². The number of hydrogen-bond acceptors (Lipinski definition) is 6. The first-order chi connectivity index (χ1) is 9.61. The first kappa shape index (κ1) is 13.7. The van der Waals surface area contributed by atoms with Gasteiger partial charge >= 0.3 is 5.82 Å². The molecular weight excluding hydrogens is 260 g/mol. The molecule has 0 bridgehead atoms. The fourth-order valence-electron chi connectivity index (χ4n) is 1.75. The van der Waals surface area contributed by atoms with Crippen molar-refractivity contribution in [3.8, 4) is 0 Å². The van der Waals surface area contributed by atoms with Gasteiger partial charge in [0.25, 0.3) is 0 Å². The first-order valence-corrected chi connectivity index (χ1v) is 6.08. The van der Waals surface area contributed by atoms with Gasteiger partial charge in [-0.05, 0) is 23.5 Å². The zero-order chi connectivity index (χ0) is 14.5. The van der Waals surface area contributed by atoms with Crippen molar-refractivity contribution in [1.29, 1.82) is 0 Å². The number of rotatable bonds is 5. The predicted molar refractivity (Wildman–Crippen MR) is 74.5 cm³/mol. The van der Waals surface area contributed by atoms with Crippen molar-refractivity contribution in [1.82, 2.24) is 19.5 Å². The summed E-state index contributed by atoms with van der Waals surface area (Å²) in [5.41, 5.74) is 6.10. The predicted octanol–water partition coefficient (Wildman–Crippen LogP) is 1.74. The van der Waals surface area contributed by atoms with Gasteiger partial charge in [-0.2, -0.15) is 0 Å². The van der Waals surface area contributed by atoms with Crippen LogP contribution in [0.5, 0.6) is 0 Å². The summed E-state index contributed by atoms with van der Waals surface area (Å²) in [6.45, 7) is 2.48. The van der Waals surface area contributed by atoms with Crippen LogP contribution >= 0.6 is 0 Å². The van der Waals surface area contributed by atoms with E-state index in [-0.39, 0.29) is 11.8 Å². The van der Waals surface area contributed by atoms with Crippen molar-refractivity contribution < 1.29 is 4.92 Å². The van der Waals surface area contributed by atoms with E-state index in [0.717, 1.165) is 6.42 Å². The number of nitrogens with zero attached hydrogens (tertiary/aromatic N) is 5. The van der Waals surface area contributed by atoms with Crippen molar-refractivity contribution in [2.24, 2.45) is 0 Å². The van der Waals surface area contributed by atoms with E-state index in [1.165, 1.54) is 6.20 Å². The van der Waals surface area contributed by atoms with Gasteiger partial charge in [-0.1, -0.05) is 6.92 Å². The van der Waals surface area contributed by atoms with Crippen molar-refractivity contribution in [3.63, 3.8) is 0 Å². The molecule has 0 amide bonds. The molecular formula is C12H14N6O2. The molecule has 0 aliphatic carbocycles. The molecule has 0 radical (unpaired) electrons. The molecule has 2 aromatic heterocycles. The van der Waals surface area contributed by atoms with Crippen molar-refractivity contribution in [2.75, 3.05) is 5.73 Å². The third kappa shape index (κ3) is 2.97. The van der Waals surface area contributed by atoms with Crippen LogP contribution in [-0.4, -0.2) is 24.4 Å². The summed E-state index contributed by atoms with van der Waals surface area (Å²) in [6, 6.07) is 1.69. The molecule has 8 nitrogen and oxygen atoms in total. The van der Waals surface area contributed by atoms with Gasteiger partial charge in [0.05, 0.1) is 12.2 Å². The number of nitrogens with two attached hydrogens (primary N) is 1. The van der Waals surface area contributed by atoms with Crippen molar-refractivity contribution in [3.05, 3.63) is 40.1 Å². The highest BCUT2D eigenvalue weighted by Gasteiger charge is 2.17. The average molecular weight is 274 g/mol. The summed E-state index contributed by atoms with van der Waals surface area (Å²) in [4.78, 5) is 22.3. The van der Waals surface area contributed by atoms with Gasteiger partial charge in [0.1, 0.15) is 6.20 Å². The molecule has 2 rings (SSSR count). The zero-order valence-electron chi connectivity index (χ0n) is 10.9. The van der Waals surface area contributed by atoms with Crippen LogP contribution in [-0.2, 0) is 6.54 Å². The lowest BCUT2D eigenvalue weighted by Crippen LogP contribution is -2.04. The third-order valence-corrected chi connectivity index (χ3v) is 2.60. The summed E-state index contributed by atoms with van der Waals surface area (Å²) in [5, 5.41) is 10.9. The Labute approximate surface area is 115 Å². The second kappa shape index (κ2) is 5.91. The fourth-order valence-corrected chi connectivity index (χ4v) is 1.75. The van der Waals surface area contributed by atoms with Crippen LogP contribution in [0.1, 0.15) is 24.9 Å². The molecule has 0 aromatic carbocycles. The van der Waals surface area contributed by atoms with E-state index < -0.39 is 4.92 Å². The second-order valence-electron chi connectivity index (χ2n) is 4.06. The van der Waals surface area contributed by atoms with Gasteiger partial charge in [0, 0.05) is 12.3 Å². The Bertz CT molecular complexity index is 649. The molecule has 2 aromatic rings. The highest BCUT2D eigenvalue weighted by atomic mass is 16.6. The van der Waals surface area contributed by atoms with E-state index in [0.29, 0.717) is 18.1 Å². The summed E-state index contributed by atoms with van der Waals surface area (Å²) in [7, 11) is 0. The standard InChI is InChI=1S/C12H14N6O2/c1-2-7-17-10(15-8-11(17)18(19)20)4-3-9-5-6-14-12(13)16-9/h3-6,8H,2,7H2,1H3,(H2,13,14,16). The SMILES string of the molecule is CCCn1c([N+](=O)[O-])cnc1C=Cc1ccnc(N)n1. The lowest BCUT2D eigenvalue weighted by Gasteiger charge is -2.00. The second-order valence-corrected chi connectivity index (χ2v) is 4.06. The van der Waals surface area contributed by atoms with E-state index in [2.05, 4.69) is 15.0 Å². The molecule has 2 N–H and O–H groups in total. The monoisotopic (exact) mass is 274 g/mol. The Hall–Kier alpha value is -2.77. The molecule has 0 aliphatic rings. The van der Waals surface area contributed by atoms with Crippen LogP contribution in [0.4, 0.5) is 11.8 Å². The van der Waals surface area contributed by atoms with Gasteiger partial charge in [0.15, 0.2) is 0 Å². The number of nitro groups is 1. The lowest BCUT2D eigenvalue weighted by atomic mass is 10.3. The molecule has 0 spiro atoms. The first-order valence-electron chi connectivity index (χ1n) is 6.08. The summed E-state index contributed by atoms with van der Waals surface area (Å²) < 4.78 is 1.56. The number of aromatic nitrogens is 4. The van der Waals surface area contributed by atoms with Crippen molar-refractivity contribution in [2.45, 2.75) is 19.9 Å². The molecule has 0 saturated heterocycles. The van der Waals surface area contributed by atoms with E-state index in [9.17, 15) is 10.1 Å². The minimum absolute atomic E-state index is 0.0197. The van der Waals surface area contributed by atoms with Crippen LogP contribution in [0.25, 0.3) is 12.2 Å². The summed E-state index contributed by atoms with van der Waals surface area (Å²) in [5.74, 6) is 0.666. The smallest absolute Gasteiger partial charge is 0.343 e. The lowest BCUT2D eigenvalue weighted by molar-refractivity contribution is -0.392. The van der Waals surface area contributed by atoms with Crippen LogP contribution in [0.3, 0.4) is 0 Å². The largest absolute Gasteiger partial charge is 0.368 e. The fraction of sp³-hybridized carbons (Fsp3) is 0.250. The van der Waals surface area contributed by atoms with Crippen molar-refractivity contribution >= 4 is 23.9 Å². The van der Waals surface area contributed by atoms with E-state index in [1.807, 2.05) is 6.92 Å². The number of hydrogen-bond donors (Lipinski definition) is 1. The maximum atomic E-state index is 10.9.